The van der Waals surface area contributed by atoms with Crippen LogP contribution in [-0.2, 0) is 9.53 Å². The van der Waals surface area contributed by atoms with E-state index in [1.165, 1.54) is 32.4 Å². The smallest absolute Gasteiger partial charge is 0.328 e. The zero-order valence-corrected chi connectivity index (χ0v) is 11.2. The van der Waals surface area contributed by atoms with Crippen molar-refractivity contribution >= 4 is 23.5 Å². The Hall–Kier alpha value is -1.79. The third kappa shape index (κ3) is 4.11. The van der Waals surface area contributed by atoms with Crippen molar-refractivity contribution in [3.8, 4) is 5.75 Å². The summed E-state index contributed by atoms with van der Waals surface area (Å²) < 4.78 is 9.76. The van der Waals surface area contributed by atoms with E-state index in [1.807, 2.05) is 0 Å². The summed E-state index contributed by atoms with van der Waals surface area (Å²) in [4.78, 5) is 22.9. The molecule has 19 heavy (non-hydrogen) atoms. The molecule has 0 spiro atoms. The number of halogens is 1. The zero-order valence-electron chi connectivity index (χ0n) is 10.5. The van der Waals surface area contributed by atoms with E-state index in [1.54, 1.807) is 0 Å². The summed E-state index contributed by atoms with van der Waals surface area (Å²) in [5.41, 5.74) is 0.203. The number of rotatable bonds is 6. The maximum absolute atomic E-state index is 12.0. The minimum Gasteiger partial charge on any atom is -0.496 e. The molecule has 0 aliphatic carbocycles. The molecule has 0 heterocycles. The monoisotopic (exact) mass is 287 g/mol. The summed E-state index contributed by atoms with van der Waals surface area (Å²) in [7, 11) is 2.75. The molecule has 7 heteroatoms. The molecular weight excluding hydrogens is 274 g/mol. The van der Waals surface area contributed by atoms with Gasteiger partial charge in [-0.05, 0) is 18.2 Å². The van der Waals surface area contributed by atoms with Crippen LogP contribution in [0.3, 0.4) is 0 Å². The quantitative estimate of drug-likeness (QED) is 0.820. The Labute approximate surface area is 115 Å². The molecule has 104 valence electrons. The summed E-state index contributed by atoms with van der Waals surface area (Å²) in [6.07, 6.45) is 0. The van der Waals surface area contributed by atoms with Crippen LogP contribution in [0.15, 0.2) is 18.2 Å². The Kier molecular flexibility index (Phi) is 5.59. The first-order valence-electron chi connectivity index (χ1n) is 5.35. The number of amides is 1. The molecule has 0 saturated carbocycles. The van der Waals surface area contributed by atoms with Crippen molar-refractivity contribution in [1.82, 2.24) is 5.32 Å². The van der Waals surface area contributed by atoms with Crippen molar-refractivity contribution < 1.29 is 24.2 Å². The van der Waals surface area contributed by atoms with Gasteiger partial charge in [0.05, 0.1) is 19.3 Å². The van der Waals surface area contributed by atoms with Crippen molar-refractivity contribution in [2.24, 2.45) is 0 Å². The Balaban J connectivity index is 2.91. The van der Waals surface area contributed by atoms with E-state index in [4.69, 9.17) is 26.2 Å². The summed E-state index contributed by atoms with van der Waals surface area (Å²) in [6.45, 7) is -0.128. The maximum atomic E-state index is 12.0. The SMILES string of the molecule is COCC(NC(=O)c1ccc(Cl)cc1OC)C(=O)O. The second-order valence-electron chi connectivity index (χ2n) is 3.66. The highest BCUT2D eigenvalue weighted by atomic mass is 35.5. The fraction of sp³-hybridized carbons (Fsp3) is 0.333. The summed E-state index contributed by atoms with van der Waals surface area (Å²) in [6, 6.07) is 3.33. The predicted molar refractivity (Wildman–Crippen MR) is 68.8 cm³/mol. The van der Waals surface area contributed by atoms with Gasteiger partial charge in [0.15, 0.2) is 6.04 Å². The third-order valence-electron chi connectivity index (χ3n) is 2.34. The van der Waals surface area contributed by atoms with Crippen molar-refractivity contribution in [3.05, 3.63) is 28.8 Å². The van der Waals surface area contributed by atoms with Crippen LogP contribution < -0.4 is 10.1 Å². The Morgan fingerprint density at radius 3 is 2.63 bits per heavy atom. The lowest BCUT2D eigenvalue weighted by Crippen LogP contribution is -2.43. The fourth-order valence-electron chi connectivity index (χ4n) is 1.43. The van der Waals surface area contributed by atoms with Crippen LogP contribution in [0.25, 0.3) is 0 Å². The summed E-state index contributed by atoms with van der Waals surface area (Å²) in [5, 5.41) is 11.7. The van der Waals surface area contributed by atoms with Crippen molar-refractivity contribution in [1.29, 1.82) is 0 Å². The molecule has 1 aromatic carbocycles. The molecule has 0 bridgehead atoms. The molecule has 6 nitrogen and oxygen atoms in total. The van der Waals surface area contributed by atoms with Crippen LogP contribution in [0.2, 0.25) is 5.02 Å². The van der Waals surface area contributed by atoms with Crippen LogP contribution in [0.5, 0.6) is 5.75 Å². The number of carbonyl (C=O) groups is 2. The average Bonchev–Trinajstić information content (AvgIpc) is 2.37. The maximum Gasteiger partial charge on any atom is 0.328 e. The van der Waals surface area contributed by atoms with Gasteiger partial charge in [0.25, 0.3) is 5.91 Å². The molecular formula is C12H14ClNO5. The lowest BCUT2D eigenvalue weighted by Gasteiger charge is -2.15. The number of nitrogens with one attached hydrogen (secondary N) is 1. The lowest BCUT2D eigenvalue weighted by atomic mass is 10.1. The van der Waals surface area contributed by atoms with Gasteiger partial charge < -0.3 is 19.9 Å². The van der Waals surface area contributed by atoms with Crippen LogP contribution in [0.1, 0.15) is 10.4 Å². The van der Waals surface area contributed by atoms with Gasteiger partial charge in [-0.2, -0.15) is 0 Å². The largest absolute Gasteiger partial charge is 0.496 e. The Morgan fingerprint density at radius 2 is 2.11 bits per heavy atom. The average molecular weight is 288 g/mol. The Morgan fingerprint density at radius 1 is 1.42 bits per heavy atom. The van der Waals surface area contributed by atoms with Crippen LogP contribution >= 0.6 is 11.6 Å². The topological polar surface area (TPSA) is 84.9 Å². The molecule has 0 radical (unpaired) electrons. The standard InChI is InChI=1S/C12H14ClNO5/c1-18-6-9(12(16)17)14-11(15)8-4-3-7(13)5-10(8)19-2/h3-5,9H,6H2,1-2H3,(H,14,15)(H,16,17). The van der Waals surface area contributed by atoms with Gasteiger partial charge in [-0.3, -0.25) is 4.79 Å². The number of ether oxygens (including phenoxy) is 2. The molecule has 0 aliphatic rings. The van der Waals surface area contributed by atoms with Crippen LogP contribution in [0, 0.1) is 0 Å². The van der Waals surface area contributed by atoms with Gasteiger partial charge >= 0.3 is 5.97 Å². The number of aliphatic carboxylic acids is 1. The molecule has 0 aliphatic heterocycles. The molecule has 2 N–H and O–H groups in total. The number of carboxylic acid groups (broad SMARTS) is 1. The number of methoxy groups -OCH3 is 2. The second-order valence-corrected chi connectivity index (χ2v) is 4.10. The fourth-order valence-corrected chi connectivity index (χ4v) is 1.59. The first-order chi connectivity index (χ1) is 8.99. The highest BCUT2D eigenvalue weighted by Gasteiger charge is 2.22. The summed E-state index contributed by atoms with van der Waals surface area (Å²) >= 11 is 5.78. The molecule has 1 rings (SSSR count). The van der Waals surface area contributed by atoms with Gasteiger partial charge in [0.2, 0.25) is 0 Å². The normalized spacial score (nSPS) is 11.7. The van der Waals surface area contributed by atoms with Gasteiger partial charge in [-0.1, -0.05) is 11.6 Å². The highest BCUT2D eigenvalue weighted by molar-refractivity contribution is 6.30. The number of carboxylic acids is 1. The van der Waals surface area contributed by atoms with Gasteiger partial charge in [-0.25, -0.2) is 4.79 Å². The third-order valence-corrected chi connectivity index (χ3v) is 2.58. The summed E-state index contributed by atoms with van der Waals surface area (Å²) in [5.74, 6) is -1.48. The molecule has 0 saturated heterocycles. The molecule has 1 unspecified atom stereocenters. The number of carbonyl (C=O) groups excluding carboxylic acids is 1. The van der Waals surface area contributed by atoms with Crippen LogP contribution in [0.4, 0.5) is 0 Å². The highest BCUT2D eigenvalue weighted by Crippen LogP contribution is 2.23. The first kappa shape index (κ1) is 15.3. The Bertz CT molecular complexity index is 477. The number of hydrogen-bond donors (Lipinski definition) is 2. The van der Waals surface area contributed by atoms with E-state index < -0.39 is 17.9 Å². The minimum atomic E-state index is -1.18. The van der Waals surface area contributed by atoms with Gasteiger partial charge in [0.1, 0.15) is 5.75 Å². The van der Waals surface area contributed by atoms with Crippen LogP contribution in [-0.4, -0.2) is 43.9 Å². The van der Waals surface area contributed by atoms with E-state index in [-0.39, 0.29) is 17.9 Å². The van der Waals surface area contributed by atoms with Crippen molar-refractivity contribution in [2.75, 3.05) is 20.8 Å². The lowest BCUT2D eigenvalue weighted by molar-refractivity contribution is -0.140. The van der Waals surface area contributed by atoms with Gasteiger partial charge in [0, 0.05) is 12.1 Å². The zero-order chi connectivity index (χ0) is 14.4. The van der Waals surface area contributed by atoms with E-state index in [9.17, 15) is 9.59 Å². The molecule has 0 aromatic heterocycles. The molecule has 1 aromatic rings. The second kappa shape index (κ2) is 6.96. The van der Waals surface area contributed by atoms with Crippen molar-refractivity contribution in [2.45, 2.75) is 6.04 Å². The van der Waals surface area contributed by atoms with E-state index in [2.05, 4.69) is 5.32 Å². The number of benzene rings is 1. The minimum absolute atomic E-state index is 0.128. The first-order valence-corrected chi connectivity index (χ1v) is 5.73. The predicted octanol–water partition coefficient (Wildman–Crippen LogP) is 1.18. The van der Waals surface area contributed by atoms with Gasteiger partial charge in [-0.15, -0.1) is 0 Å². The van der Waals surface area contributed by atoms with E-state index >= 15 is 0 Å². The van der Waals surface area contributed by atoms with E-state index in [0.29, 0.717) is 5.02 Å². The van der Waals surface area contributed by atoms with E-state index in [0.717, 1.165) is 0 Å². The molecule has 1 amide bonds. The molecule has 0 fully saturated rings. The van der Waals surface area contributed by atoms with Crippen molar-refractivity contribution in [3.63, 3.8) is 0 Å². The number of hydrogen-bond acceptors (Lipinski definition) is 4. The molecule has 1 atom stereocenters.